The smallest absolute Gasteiger partial charge is 0.416 e. The van der Waals surface area contributed by atoms with Gasteiger partial charge in [0.25, 0.3) is 5.69 Å². The number of methoxy groups -OCH3 is 1. The van der Waals surface area contributed by atoms with E-state index in [4.69, 9.17) is 4.74 Å². The second kappa shape index (κ2) is 10.7. The van der Waals surface area contributed by atoms with Crippen molar-refractivity contribution in [1.29, 1.82) is 0 Å². The van der Waals surface area contributed by atoms with Crippen molar-refractivity contribution in [3.63, 3.8) is 0 Å². The lowest BCUT2D eigenvalue weighted by atomic mass is 10.1. The number of ether oxygens (including phenoxy) is 2. The number of benzene rings is 2. The third-order valence-corrected chi connectivity index (χ3v) is 5.40. The van der Waals surface area contributed by atoms with Crippen LogP contribution in [0.15, 0.2) is 42.5 Å². The fourth-order valence-corrected chi connectivity index (χ4v) is 3.63. The van der Waals surface area contributed by atoms with Gasteiger partial charge in [-0.25, -0.2) is 4.79 Å². The highest BCUT2D eigenvalue weighted by Gasteiger charge is 2.34. The van der Waals surface area contributed by atoms with Gasteiger partial charge in [0.2, 0.25) is 0 Å². The molecule has 3 rings (SSSR count). The maximum Gasteiger partial charge on any atom is 0.416 e. The van der Waals surface area contributed by atoms with Crippen molar-refractivity contribution in [2.45, 2.75) is 12.3 Å². The number of β-amino-alcohol motifs (C(OH)–C–C–N with tert-alkyl or cyclic N) is 1. The average molecular weight is 483 g/mol. The van der Waals surface area contributed by atoms with E-state index in [1.807, 2.05) is 4.90 Å². The zero-order valence-electron chi connectivity index (χ0n) is 18.3. The molecule has 184 valence electrons. The molecule has 9 nitrogen and oxygen atoms in total. The number of carbonyl (C=O) groups excluding carboxylic acids is 1. The number of nitro benzene ring substituents is 1. The molecule has 0 spiro atoms. The molecule has 1 atom stereocenters. The number of rotatable bonds is 8. The highest BCUT2D eigenvalue weighted by Crippen LogP contribution is 2.36. The lowest BCUT2D eigenvalue weighted by Gasteiger charge is -2.36. The number of nitrogens with zero attached hydrogens (tertiary/aromatic N) is 3. The lowest BCUT2D eigenvalue weighted by molar-refractivity contribution is -0.384. The van der Waals surface area contributed by atoms with Crippen molar-refractivity contribution >= 4 is 17.3 Å². The summed E-state index contributed by atoms with van der Waals surface area (Å²) in [5.41, 5.74) is -1.14. The van der Waals surface area contributed by atoms with E-state index in [0.717, 1.165) is 12.1 Å². The van der Waals surface area contributed by atoms with Gasteiger partial charge in [0.15, 0.2) is 0 Å². The van der Waals surface area contributed by atoms with Crippen molar-refractivity contribution < 1.29 is 37.5 Å². The molecule has 12 heteroatoms. The zero-order chi connectivity index (χ0) is 24.9. The first-order valence-corrected chi connectivity index (χ1v) is 10.4. The largest absolute Gasteiger partial charge is 0.491 e. The normalized spacial score (nSPS) is 15.6. The first kappa shape index (κ1) is 25.2. The Labute approximate surface area is 193 Å². The Balaban J connectivity index is 1.51. The van der Waals surface area contributed by atoms with Gasteiger partial charge in [-0.3, -0.25) is 15.0 Å². The summed E-state index contributed by atoms with van der Waals surface area (Å²) in [5, 5.41) is 21.6. The molecule has 0 aliphatic carbocycles. The minimum atomic E-state index is -4.66. The fourth-order valence-electron chi connectivity index (χ4n) is 3.63. The molecule has 1 unspecified atom stereocenters. The molecule has 1 heterocycles. The van der Waals surface area contributed by atoms with E-state index < -0.39 is 34.4 Å². The Kier molecular flexibility index (Phi) is 7.94. The van der Waals surface area contributed by atoms with E-state index in [1.54, 1.807) is 29.2 Å². The number of alkyl halides is 3. The molecule has 1 saturated heterocycles. The van der Waals surface area contributed by atoms with Crippen LogP contribution in [0, 0.1) is 10.1 Å². The number of anilines is 1. The summed E-state index contributed by atoms with van der Waals surface area (Å²) in [5.74, 6) is 0.0125. The van der Waals surface area contributed by atoms with Crippen LogP contribution >= 0.6 is 0 Å². The maximum absolute atomic E-state index is 12.9. The summed E-state index contributed by atoms with van der Waals surface area (Å²) in [6.45, 7) is 1.95. The van der Waals surface area contributed by atoms with Crippen LogP contribution in [-0.2, 0) is 10.9 Å². The monoisotopic (exact) mass is 483 g/mol. The van der Waals surface area contributed by atoms with Crippen molar-refractivity contribution in [2.75, 3.05) is 51.3 Å². The number of piperazine rings is 1. The predicted molar refractivity (Wildman–Crippen MR) is 116 cm³/mol. The summed E-state index contributed by atoms with van der Waals surface area (Å²) < 4.78 is 48.9. The number of carbonyl (C=O) groups is 1. The molecule has 0 radical (unpaired) electrons. The summed E-state index contributed by atoms with van der Waals surface area (Å²) in [4.78, 5) is 25.6. The number of esters is 1. The molecule has 0 saturated carbocycles. The molecule has 1 aliphatic rings. The molecule has 0 amide bonds. The molecule has 0 bridgehead atoms. The molecule has 34 heavy (non-hydrogen) atoms. The van der Waals surface area contributed by atoms with Crippen LogP contribution in [0.2, 0.25) is 0 Å². The van der Waals surface area contributed by atoms with Crippen molar-refractivity contribution in [1.82, 2.24) is 4.90 Å². The minimum Gasteiger partial charge on any atom is -0.491 e. The first-order chi connectivity index (χ1) is 16.1. The minimum absolute atomic E-state index is 0.0160. The predicted octanol–water partition coefficient (Wildman–Crippen LogP) is 2.96. The van der Waals surface area contributed by atoms with Gasteiger partial charge in [0.05, 0.1) is 23.2 Å². The van der Waals surface area contributed by atoms with Crippen molar-refractivity contribution in [3.05, 3.63) is 63.7 Å². The molecular weight excluding hydrogens is 459 g/mol. The summed E-state index contributed by atoms with van der Waals surface area (Å²) in [7, 11) is 1.29. The Hall–Kier alpha value is -3.38. The van der Waals surface area contributed by atoms with Gasteiger partial charge in [0, 0.05) is 38.8 Å². The topological polar surface area (TPSA) is 105 Å². The highest BCUT2D eigenvalue weighted by molar-refractivity contribution is 5.89. The van der Waals surface area contributed by atoms with Crippen LogP contribution in [0.5, 0.6) is 5.75 Å². The van der Waals surface area contributed by atoms with Gasteiger partial charge in [0.1, 0.15) is 24.1 Å². The standard InChI is InChI=1S/C22H24F3N3O6/c1-33-21(30)15-2-5-18(6-3-15)34-14-17(29)13-26-8-10-27(11-9-26)19-7-4-16(22(23,24)25)12-20(19)28(31)32/h2-7,12,17,29H,8-11,13-14H2,1H3. The van der Waals surface area contributed by atoms with Gasteiger partial charge < -0.3 is 19.5 Å². The van der Waals surface area contributed by atoms with Gasteiger partial charge >= 0.3 is 12.1 Å². The Morgan fingerprint density at radius 2 is 1.79 bits per heavy atom. The van der Waals surface area contributed by atoms with Crippen LogP contribution in [-0.4, -0.2) is 73.4 Å². The van der Waals surface area contributed by atoms with Gasteiger partial charge in [-0.1, -0.05) is 0 Å². The second-order valence-corrected chi connectivity index (χ2v) is 7.73. The molecule has 1 aliphatic heterocycles. The van der Waals surface area contributed by atoms with Crippen LogP contribution in [0.4, 0.5) is 24.5 Å². The number of aliphatic hydroxyl groups is 1. The number of aliphatic hydroxyl groups excluding tert-OH is 1. The Morgan fingerprint density at radius 3 is 2.35 bits per heavy atom. The Bertz CT molecular complexity index is 1010. The number of hydrogen-bond donors (Lipinski definition) is 1. The fraction of sp³-hybridized carbons (Fsp3) is 0.409. The average Bonchev–Trinajstić information content (AvgIpc) is 2.82. The molecule has 0 aromatic heterocycles. The van der Waals surface area contributed by atoms with Gasteiger partial charge in [-0.15, -0.1) is 0 Å². The molecule has 2 aromatic rings. The van der Waals surface area contributed by atoms with Crippen LogP contribution < -0.4 is 9.64 Å². The van der Waals surface area contributed by atoms with E-state index in [0.29, 0.717) is 50.1 Å². The Morgan fingerprint density at radius 1 is 1.15 bits per heavy atom. The summed E-state index contributed by atoms with van der Waals surface area (Å²) in [6, 6.07) is 8.81. The second-order valence-electron chi connectivity index (χ2n) is 7.73. The summed E-state index contributed by atoms with van der Waals surface area (Å²) >= 11 is 0. The SMILES string of the molecule is COC(=O)c1ccc(OCC(O)CN2CCN(c3ccc(C(F)(F)F)cc3[N+](=O)[O-])CC2)cc1. The highest BCUT2D eigenvalue weighted by atomic mass is 19.4. The van der Waals surface area contributed by atoms with E-state index >= 15 is 0 Å². The van der Waals surface area contributed by atoms with Crippen LogP contribution in [0.25, 0.3) is 0 Å². The quantitative estimate of drug-likeness (QED) is 0.347. The molecular formula is C22H24F3N3O6. The third-order valence-electron chi connectivity index (χ3n) is 5.40. The van der Waals surface area contributed by atoms with Crippen LogP contribution in [0.3, 0.4) is 0 Å². The first-order valence-electron chi connectivity index (χ1n) is 10.4. The van der Waals surface area contributed by atoms with E-state index in [2.05, 4.69) is 4.74 Å². The van der Waals surface area contributed by atoms with Gasteiger partial charge in [-0.2, -0.15) is 13.2 Å². The van der Waals surface area contributed by atoms with Gasteiger partial charge in [-0.05, 0) is 36.4 Å². The maximum atomic E-state index is 12.9. The summed E-state index contributed by atoms with van der Waals surface area (Å²) in [6.07, 6.45) is -5.48. The molecule has 1 fully saturated rings. The zero-order valence-corrected chi connectivity index (χ0v) is 18.3. The molecule has 2 aromatic carbocycles. The van der Waals surface area contributed by atoms with E-state index in [9.17, 15) is 33.2 Å². The lowest BCUT2D eigenvalue weighted by Crippen LogP contribution is -2.49. The van der Waals surface area contributed by atoms with E-state index in [-0.39, 0.29) is 12.3 Å². The number of hydrogen-bond acceptors (Lipinski definition) is 8. The molecule has 1 N–H and O–H groups in total. The van der Waals surface area contributed by atoms with Crippen LogP contribution in [0.1, 0.15) is 15.9 Å². The van der Waals surface area contributed by atoms with E-state index in [1.165, 1.54) is 7.11 Å². The van der Waals surface area contributed by atoms with Crippen molar-refractivity contribution in [3.8, 4) is 5.75 Å². The number of halogens is 3. The number of nitro groups is 1. The third kappa shape index (κ3) is 6.35. The van der Waals surface area contributed by atoms with Crippen molar-refractivity contribution in [2.24, 2.45) is 0 Å².